The van der Waals surface area contributed by atoms with E-state index >= 15 is 0 Å². The van der Waals surface area contributed by atoms with E-state index in [-0.39, 0.29) is 17.2 Å². The molecule has 0 amide bonds. The predicted molar refractivity (Wildman–Crippen MR) is 87.6 cm³/mol. The second-order valence-corrected chi connectivity index (χ2v) is 7.04. The first-order chi connectivity index (χ1) is 10.6. The van der Waals surface area contributed by atoms with Crippen molar-refractivity contribution in [3.05, 3.63) is 53.0 Å². The van der Waals surface area contributed by atoms with E-state index < -0.39 is 0 Å². The van der Waals surface area contributed by atoms with Crippen LogP contribution in [0.1, 0.15) is 25.3 Å². The average molecular weight is 321 g/mol. The first-order valence-electron chi connectivity index (χ1n) is 7.42. The molecule has 0 aromatic heterocycles. The normalized spacial score (nSPS) is 28.2. The minimum atomic E-state index is -0.350. The van der Waals surface area contributed by atoms with Crippen LogP contribution in [0.25, 0.3) is 5.57 Å². The van der Waals surface area contributed by atoms with E-state index in [1.54, 1.807) is 7.11 Å². The maximum absolute atomic E-state index is 13.2. The molecule has 2 aliphatic heterocycles. The molecule has 2 heterocycles. The molecule has 0 spiro atoms. The summed E-state index contributed by atoms with van der Waals surface area (Å²) in [5, 5.41) is 10.8. The van der Waals surface area contributed by atoms with Crippen molar-refractivity contribution in [1.29, 1.82) is 0 Å². The number of hydroxylamine groups is 1. The summed E-state index contributed by atoms with van der Waals surface area (Å²) in [4.78, 5) is 5.09. The SMILES string of the molecule is CC=C(NOC)C1=C(c2ccc(F)cc2)CC2CC(O)[C@@H]1S2. The van der Waals surface area contributed by atoms with Gasteiger partial charge in [-0.1, -0.05) is 18.2 Å². The van der Waals surface area contributed by atoms with Crippen molar-refractivity contribution in [3.8, 4) is 0 Å². The molecule has 3 rings (SSSR count). The third-order valence-corrected chi connectivity index (χ3v) is 5.80. The highest BCUT2D eigenvalue weighted by molar-refractivity contribution is 8.01. The van der Waals surface area contributed by atoms with Crippen molar-refractivity contribution < 1.29 is 14.3 Å². The summed E-state index contributed by atoms with van der Waals surface area (Å²) in [6.45, 7) is 1.94. The van der Waals surface area contributed by atoms with Gasteiger partial charge in [0.2, 0.25) is 0 Å². The molecule has 2 unspecified atom stereocenters. The quantitative estimate of drug-likeness (QED) is 0.835. The minimum Gasteiger partial charge on any atom is -0.392 e. The molecule has 1 fully saturated rings. The van der Waals surface area contributed by atoms with Crippen LogP contribution in [-0.2, 0) is 4.84 Å². The summed E-state index contributed by atoms with van der Waals surface area (Å²) in [5.74, 6) is -0.236. The molecule has 5 heteroatoms. The Kier molecular flexibility index (Phi) is 4.57. The highest BCUT2D eigenvalue weighted by atomic mass is 32.2. The van der Waals surface area contributed by atoms with Crippen LogP contribution in [0.3, 0.4) is 0 Å². The zero-order valence-corrected chi connectivity index (χ0v) is 13.5. The standard InChI is InChI=1S/C17H20FNO2S/c1-3-14(19-21-2)16-13(10-4-6-11(18)7-5-10)8-12-9-15(20)17(16)22-12/h3-7,12,15,17,19-20H,8-9H2,1-2H3/t12?,15?,17-/m0/s1. The largest absolute Gasteiger partial charge is 0.392 e. The second kappa shape index (κ2) is 6.44. The number of rotatable bonds is 4. The van der Waals surface area contributed by atoms with E-state index in [0.29, 0.717) is 5.25 Å². The van der Waals surface area contributed by atoms with E-state index in [9.17, 15) is 9.50 Å². The number of allylic oxidation sites excluding steroid dienone is 3. The molecule has 0 aliphatic carbocycles. The first kappa shape index (κ1) is 15.6. The lowest BCUT2D eigenvalue weighted by atomic mass is 9.93. The van der Waals surface area contributed by atoms with Gasteiger partial charge in [-0.25, -0.2) is 4.39 Å². The molecule has 1 saturated heterocycles. The van der Waals surface area contributed by atoms with Crippen molar-refractivity contribution in [2.24, 2.45) is 0 Å². The molecule has 1 aromatic rings. The maximum atomic E-state index is 13.2. The van der Waals surface area contributed by atoms with Crippen LogP contribution in [0.5, 0.6) is 0 Å². The molecule has 22 heavy (non-hydrogen) atoms. The first-order valence-corrected chi connectivity index (χ1v) is 8.36. The number of hydrogen-bond donors (Lipinski definition) is 2. The highest BCUT2D eigenvalue weighted by Gasteiger charge is 2.42. The van der Waals surface area contributed by atoms with Gasteiger partial charge in [-0.3, -0.25) is 10.3 Å². The van der Waals surface area contributed by atoms with E-state index in [1.807, 2.05) is 36.9 Å². The van der Waals surface area contributed by atoms with Gasteiger partial charge in [-0.2, -0.15) is 0 Å². The number of halogens is 1. The van der Waals surface area contributed by atoms with Gasteiger partial charge in [-0.05, 0) is 48.6 Å². The van der Waals surface area contributed by atoms with E-state index in [4.69, 9.17) is 4.84 Å². The smallest absolute Gasteiger partial charge is 0.123 e. The number of hydrogen-bond acceptors (Lipinski definition) is 4. The van der Waals surface area contributed by atoms with Gasteiger partial charge in [0.25, 0.3) is 0 Å². The van der Waals surface area contributed by atoms with Crippen LogP contribution >= 0.6 is 11.8 Å². The van der Waals surface area contributed by atoms with Crippen molar-refractivity contribution in [3.63, 3.8) is 0 Å². The fourth-order valence-electron chi connectivity index (χ4n) is 3.27. The van der Waals surface area contributed by atoms with Crippen molar-refractivity contribution >= 4 is 17.3 Å². The molecule has 1 aromatic carbocycles. The maximum Gasteiger partial charge on any atom is 0.123 e. The Morgan fingerprint density at radius 2 is 2.14 bits per heavy atom. The van der Waals surface area contributed by atoms with Gasteiger partial charge in [-0.15, -0.1) is 11.8 Å². The summed E-state index contributed by atoms with van der Waals surface area (Å²) in [5.41, 5.74) is 7.05. The molecular formula is C17H20FNO2S. The monoisotopic (exact) mass is 321 g/mol. The Morgan fingerprint density at radius 1 is 1.41 bits per heavy atom. The van der Waals surface area contributed by atoms with Crippen molar-refractivity contribution in [1.82, 2.24) is 5.48 Å². The zero-order valence-electron chi connectivity index (χ0n) is 12.7. The van der Waals surface area contributed by atoms with Gasteiger partial charge in [0, 0.05) is 5.25 Å². The topological polar surface area (TPSA) is 41.5 Å². The van der Waals surface area contributed by atoms with E-state index in [2.05, 4.69) is 5.48 Å². The summed E-state index contributed by atoms with van der Waals surface area (Å²) in [6, 6.07) is 6.59. The van der Waals surface area contributed by atoms with E-state index in [1.165, 1.54) is 17.7 Å². The number of nitrogens with one attached hydrogen (secondary N) is 1. The molecule has 0 radical (unpaired) electrons. The molecule has 2 N–H and O–H groups in total. The summed E-state index contributed by atoms with van der Waals surface area (Å²) in [7, 11) is 1.57. The lowest BCUT2D eigenvalue weighted by Gasteiger charge is -2.29. The predicted octanol–water partition coefficient (Wildman–Crippen LogP) is 3.27. The molecule has 0 saturated carbocycles. The highest BCUT2D eigenvalue weighted by Crippen LogP contribution is 2.50. The van der Waals surface area contributed by atoms with Crippen LogP contribution in [0.15, 0.2) is 41.6 Å². The Labute approximate surface area is 134 Å². The number of aliphatic hydroxyl groups is 1. The number of aliphatic hydroxyl groups excluding tert-OH is 1. The van der Waals surface area contributed by atoms with E-state index in [0.717, 1.165) is 29.7 Å². The van der Waals surface area contributed by atoms with Crippen molar-refractivity contribution in [2.45, 2.75) is 36.4 Å². The van der Waals surface area contributed by atoms with Gasteiger partial charge in [0.05, 0.1) is 24.2 Å². The Morgan fingerprint density at radius 3 is 2.77 bits per heavy atom. The van der Waals surface area contributed by atoms with Gasteiger partial charge >= 0.3 is 0 Å². The van der Waals surface area contributed by atoms with Gasteiger partial charge in [0.15, 0.2) is 0 Å². The summed E-state index contributed by atoms with van der Waals surface area (Å²) >= 11 is 1.82. The number of thioether (sulfide) groups is 1. The van der Waals surface area contributed by atoms with Crippen LogP contribution in [0, 0.1) is 5.82 Å². The number of fused-ring (bicyclic) bond motifs is 2. The van der Waals surface area contributed by atoms with Crippen LogP contribution in [-0.4, -0.2) is 28.8 Å². The molecular weight excluding hydrogens is 301 g/mol. The molecule has 2 bridgehead atoms. The second-order valence-electron chi connectivity index (χ2n) is 5.59. The average Bonchev–Trinajstić information content (AvgIpc) is 2.81. The lowest BCUT2D eigenvalue weighted by Crippen LogP contribution is -2.27. The van der Waals surface area contributed by atoms with Crippen LogP contribution in [0.4, 0.5) is 4.39 Å². The van der Waals surface area contributed by atoms with Crippen LogP contribution in [0.2, 0.25) is 0 Å². The fourth-order valence-corrected chi connectivity index (χ4v) is 4.95. The molecule has 118 valence electrons. The number of benzene rings is 1. The molecule has 3 atom stereocenters. The summed E-state index contributed by atoms with van der Waals surface area (Å²) in [6.07, 6.45) is 3.28. The minimum absolute atomic E-state index is 0.0349. The Hall–Kier alpha value is -1.30. The van der Waals surface area contributed by atoms with Crippen molar-refractivity contribution in [2.75, 3.05) is 7.11 Å². The lowest BCUT2D eigenvalue weighted by molar-refractivity contribution is 0.118. The Bertz CT molecular complexity index is 612. The molecule has 2 aliphatic rings. The Balaban J connectivity index is 2.10. The zero-order chi connectivity index (χ0) is 15.7. The fraction of sp³-hybridized carbons (Fsp3) is 0.412. The third kappa shape index (κ3) is 2.81. The van der Waals surface area contributed by atoms with Crippen LogP contribution < -0.4 is 5.48 Å². The van der Waals surface area contributed by atoms with Gasteiger partial charge < -0.3 is 5.11 Å². The van der Waals surface area contributed by atoms with Gasteiger partial charge in [0.1, 0.15) is 5.82 Å². The molecule has 3 nitrogen and oxygen atoms in total. The third-order valence-electron chi connectivity index (χ3n) is 4.22. The summed E-state index contributed by atoms with van der Waals surface area (Å²) < 4.78 is 13.2.